The van der Waals surface area contributed by atoms with Gasteiger partial charge in [-0.05, 0) is 43.4 Å². The van der Waals surface area contributed by atoms with Crippen LogP contribution in [0, 0.1) is 12.8 Å². The van der Waals surface area contributed by atoms with Crippen LogP contribution in [0.5, 0.6) is 0 Å². The van der Waals surface area contributed by atoms with Crippen molar-refractivity contribution in [2.24, 2.45) is 5.92 Å². The van der Waals surface area contributed by atoms with Crippen LogP contribution in [-0.4, -0.2) is 6.61 Å². The van der Waals surface area contributed by atoms with Crippen molar-refractivity contribution in [1.29, 1.82) is 0 Å². The van der Waals surface area contributed by atoms with Gasteiger partial charge in [0.15, 0.2) is 0 Å². The van der Waals surface area contributed by atoms with E-state index < -0.39 is 0 Å². The van der Waals surface area contributed by atoms with Gasteiger partial charge in [-0.1, -0.05) is 48.9 Å². The van der Waals surface area contributed by atoms with Crippen LogP contribution in [0.2, 0.25) is 0 Å². The van der Waals surface area contributed by atoms with E-state index in [1.54, 1.807) is 0 Å². The van der Waals surface area contributed by atoms with Crippen molar-refractivity contribution in [3.8, 4) is 0 Å². The lowest BCUT2D eigenvalue weighted by atomic mass is 9.77. The Morgan fingerprint density at radius 1 is 1.13 bits per heavy atom. The molecule has 0 saturated carbocycles. The van der Waals surface area contributed by atoms with E-state index in [-0.39, 0.29) is 6.10 Å². The molecule has 2 nitrogen and oxygen atoms in total. The summed E-state index contributed by atoms with van der Waals surface area (Å²) in [4.78, 5) is 0. The molecule has 0 radical (unpaired) electrons. The Balaban J connectivity index is 1.73. The zero-order valence-corrected chi connectivity index (χ0v) is 14.0. The van der Waals surface area contributed by atoms with Crippen LogP contribution < -0.4 is 5.32 Å². The van der Waals surface area contributed by atoms with Gasteiger partial charge < -0.3 is 10.1 Å². The summed E-state index contributed by atoms with van der Waals surface area (Å²) >= 11 is 0. The van der Waals surface area contributed by atoms with Gasteiger partial charge in [0.25, 0.3) is 0 Å². The van der Waals surface area contributed by atoms with Gasteiger partial charge in [-0.2, -0.15) is 0 Å². The van der Waals surface area contributed by atoms with E-state index in [4.69, 9.17) is 4.74 Å². The molecular formula is C21H25NO. The minimum atomic E-state index is 0.232. The Labute approximate surface area is 138 Å². The zero-order valence-electron chi connectivity index (χ0n) is 14.0. The number of rotatable bonds is 2. The highest BCUT2D eigenvalue weighted by molar-refractivity contribution is 5.58. The first-order valence-electron chi connectivity index (χ1n) is 8.84. The van der Waals surface area contributed by atoms with Crippen molar-refractivity contribution in [2.75, 3.05) is 11.9 Å². The Hall–Kier alpha value is -1.80. The number of aryl methyl sites for hydroxylation is 2. The fraction of sp³-hybridized carbons (Fsp3) is 0.429. The van der Waals surface area contributed by atoms with Crippen molar-refractivity contribution in [2.45, 2.75) is 45.3 Å². The van der Waals surface area contributed by atoms with Gasteiger partial charge in [-0.25, -0.2) is 0 Å². The fourth-order valence-electron chi connectivity index (χ4n) is 4.08. The lowest BCUT2D eigenvalue weighted by Crippen LogP contribution is -2.36. The quantitative estimate of drug-likeness (QED) is 0.824. The van der Waals surface area contributed by atoms with E-state index in [9.17, 15) is 0 Å². The van der Waals surface area contributed by atoms with Gasteiger partial charge in [0.2, 0.25) is 0 Å². The SMILES string of the molecule is CCc1ccc([C@@H]2Nc3ccc(C)cc3[C@@H]3OCCC[C@H]23)cc1. The van der Waals surface area contributed by atoms with Crippen LogP contribution >= 0.6 is 0 Å². The molecule has 2 aromatic carbocycles. The molecule has 0 aromatic heterocycles. The topological polar surface area (TPSA) is 21.3 Å². The summed E-state index contributed by atoms with van der Waals surface area (Å²) in [5.74, 6) is 0.519. The molecule has 1 saturated heterocycles. The van der Waals surface area contributed by atoms with Crippen LogP contribution in [0.3, 0.4) is 0 Å². The van der Waals surface area contributed by atoms with Gasteiger partial charge in [-0.3, -0.25) is 0 Å². The maximum absolute atomic E-state index is 6.22. The van der Waals surface area contributed by atoms with Crippen molar-refractivity contribution >= 4 is 5.69 Å². The second kappa shape index (κ2) is 6.01. The first kappa shape index (κ1) is 14.8. The molecule has 1 N–H and O–H groups in total. The van der Waals surface area contributed by atoms with Gasteiger partial charge in [-0.15, -0.1) is 0 Å². The second-order valence-corrected chi connectivity index (χ2v) is 6.91. The van der Waals surface area contributed by atoms with Crippen LogP contribution in [0.25, 0.3) is 0 Å². The number of anilines is 1. The highest BCUT2D eigenvalue weighted by Gasteiger charge is 2.39. The monoisotopic (exact) mass is 307 g/mol. The fourth-order valence-corrected chi connectivity index (χ4v) is 4.08. The Bertz CT molecular complexity index is 691. The Kier molecular flexibility index (Phi) is 3.86. The molecule has 2 aliphatic heterocycles. The predicted molar refractivity (Wildman–Crippen MR) is 94.8 cm³/mol. The predicted octanol–water partition coefficient (Wildman–Crippen LogP) is 5.19. The zero-order chi connectivity index (χ0) is 15.8. The van der Waals surface area contributed by atoms with Crippen molar-refractivity contribution < 1.29 is 4.74 Å². The van der Waals surface area contributed by atoms with E-state index in [1.807, 2.05) is 0 Å². The third-order valence-corrected chi connectivity index (χ3v) is 5.37. The standard InChI is InChI=1S/C21H25NO/c1-3-15-7-9-16(10-8-15)20-17-5-4-12-23-21(17)18-13-14(2)6-11-19(18)22-20/h6-11,13,17,20-22H,3-5,12H2,1-2H3/t17-,20+,21-/m1/s1. The highest BCUT2D eigenvalue weighted by Crippen LogP contribution is 2.49. The molecule has 2 heterocycles. The molecule has 23 heavy (non-hydrogen) atoms. The molecule has 120 valence electrons. The average molecular weight is 307 g/mol. The minimum absolute atomic E-state index is 0.232. The third-order valence-electron chi connectivity index (χ3n) is 5.37. The smallest absolute Gasteiger partial charge is 0.0895 e. The molecule has 2 heteroatoms. The highest BCUT2D eigenvalue weighted by atomic mass is 16.5. The number of fused-ring (bicyclic) bond motifs is 3. The first-order valence-corrected chi connectivity index (χ1v) is 8.84. The van der Waals surface area contributed by atoms with Crippen LogP contribution in [0.1, 0.15) is 54.2 Å². The molecule has 4 rings (SSSR count). The van der Waals surface area contributed by atoms with Crippen molar-refractivity contribution in [1.82, 2.24) is 0 Å². The maximum Gasteiger partial charge on any atom is 0.0895 e. The first-order chi connectivity index (χ1) is 11.3. The summed E-state index contributed by atoms with van der Waals surface area (Å²) in [5, 5.41) is 3.80. The molecular weight excluding hydrogens is 282 g/mol. The van der Waals surface area contributed by atoms with Crippen molar-refractivity contribution in [3.05, 3.63) is 64.7 Å². The normalized spacial score (nSPS) is 26.1. The summed E-state index contributed by atoms with van der Waals surface area (Å²) in [7, 11) is 0. The lowest BCUT2D eigenvalue weighted by Gasteiger charge is -2.43. The largest absolute Gasteiger partial charge is 0.378 e. The molecule has 0 unspecified atom stereocenters. The molecule has 2 aliphatic rings. The van der Waals surface area contributed by atoms with Gasteiger partial charge >= 0.3 is 0 Å². The molecule has 2 aromatic rings. The molecule has 0 amide bonds. The summed E-state index contributed by atoms with van der Waals surface area (Å²) in [6, 6.07) is 16.2. The summed E-state index contributed by atoms with van der Waals surface area (Å²) < 4.78 is 6.22. The van der Waals surface area contributed by atoms with Gasteiger partial charge in [0.05, 0.1) is 12.1 Å². The molecule has 0 spiro atoms. The summed E-state index contributed by atoms with van der Waals surface area (Å²) in [6.45, 7) is 5.25. The maximum atomic E-state index is 6.22. The minimum Gasteiger partial charge on any atom is -0.378 e. The van der Waals surface area contributed by atoms with Crippen molar-refractivity contribution in [3.63, 3.8) is 0 Å². The third kappa shape index (κ3) is 2.66. The average Bonchev–Trinajstić information content (AvgIpc) is 2.61. The van der Waals surface area contributed by atoms with Gasteiger partial charge in [0, 0.05) is 23.8 Å². The second-order valence-electron chi connectivity index (χ2n) is 6.91. The Morgan fingerprint density at radius 2 is 1.96 bits per heavy atom. The van der Waals surface area contributed by atoms with E-state index >= 15 is 0 Å². The van der Waals surface area contributed by atoms with Crippen LogP contribution in [-0.2, 0) is 11.2 Å². The van der Waals surface area contributed by atoms with E-state index in [2.05, 4.69) is 61.6 Å². The number of nitrogens with one attached hydrogen (secondary N) is 1. The van der Waals surface area contributed by atoms with E-state index in [0.29, 0.717) is 12.0 Å². The molecule has 1 fully saturated rings. The number of hydrogen-bond acceptors (Lipinski definition) is 2. The molecule has 0 bridgehead atoms. The van der Waals surface area contributed by atoms with Crippen LogP contribution in [0.15, 0.2) is 42.5 Å². The van der Waals surface area contributed by atoms with E-state index in [1.165, 1.54) is 34.4 Å². The Morgan fingerprint density at radius 3 is 2.74 bits per heavy atom. The summed E-state index contributed by atoms with van der Waals surface area (Å²) in [6.07, 6.45) is 3.71. The van der Waals surface area contributed by atoms with Gasteiger partial charge in [0.1, 0.15) is 0 Å². The molecule has 3 atom stereocenters. The van der Waals surface area contributed by atoms with Crippen LogP contribution in [0.4, 0.5) is 5.69 Å². The number of ether oxygens (including phenoxy) is 1. The lowest BCUT2D eigenvalue weighted by molar-refractivity contribution is -0.0381. The summed E-state index contributed by atoms with van der Waals surface area (Å²) in [5.41, 5.74) is 6.68. The number of benzene rings is 2. The number of hydrogen-bond donors (Lipinski definition) is 1. The molecule has 0 aliphatic carbocycles. The van der Waals surface area contributed by atoms with E-state index in [0.717, 1.165) is 19.4 Å².